The molecule has 0 spiro atoms. The molecule has 3 aromatic rings. The number of alkyl halides is 4. The van der Waals surface area contributed by atoms with E-state index in [1.165, 1.54) is 12.2 Å². The summed E-state index contributed by atoms with van der Waals surface area (Å²) in [4.78, 5) is 19.6. The summed E-state index contributed by atoms with van der Waals surface area (Å²) < 4.78 is 86.9. The Morgan fingerprint density at radius 1 is 1.14 bits per heavy atom. The Morgan fingerprint density at radius 2 is 1.84 bits per heavy atom. The lowest BCUT2D eigenvalue weighted by molar-refractivity contribution is -0.122. The van der Waals surface area contributed by atoms with Crippen LogP contribution in [0.2, 0.25) is 0 Å². The zero-order valence-corrected chi connectivity index (χ0v) is 24.3. The normalized spacial score (nSPS) is 21.7. The number of hydrogen-bond acceptors (Lipinski definition) is 5. The van der Waals surface area contributed by atoms with E-state index in [0.29, 0.717) is 33.8 Å². The fourth-order valence-corrected chi connectivity index (χ4v) is 6.66. The van der Waals surface area contributed by atoms with Gasteiger partial charge in [0, 0.05) is 47.6 Å². The number of β-amino-alcohol motifs (C(OH)–C–C–N with tert-alkyl or cyclic N) is 1. The van der Waals surface area contributed by atoms with Crippen molar-refractivity contribution in [1.82, 2.24) is 20.1 Å². The third kappa shape index (κ3) is 5.43. The van der Waals surface area contributed by atoms with Gasteiger partial charge in [-0.1, -0.05) is 12.2 Å². The first-order valence-electron chi connectivity index (χ1n) is 13.5. The number of carbonyl (C=O) groups is 1. The number of fused-ring (bicyclic) bond motifs is 3. The van der Waals surface area contributed by atoms with Crippen LogP contribution in [-0.2, 0) is 23.7 Å². The highest BCUT2D eigenvalue weighted by atomic mass is 79.9. The Kier molecular flexibility index (Phi) is 7.35. The number of pyridine rings is 1. The van der Waals surface area contributed by atoms with Crippen molar-refractivity contribution in [1.29, 1.82) is 0 Å². The summed E-state index contributed by atoms with van der Waals surface area (Å²) in [6.45, 7) is 1.51. The van der Waals surface area contributed by atoms with Gasteiger partial charge >= 0.3 is 0 Å². The Bertz CT molecular complexity index is 1600. The van der Waals surface area contributed by atoms with Crippen LogP contribution in [0.15, 0.2) is 47.0 Å². The van der Waals surface area contributed by atoms with Gasteiger partial charge in [-0.05, 0) is 59.1 Å². The van der Waals surface area contributed by atoms with E-state index < -0.39 is 71.2 Å². The Hall–Kier alpha value is -3.39. The van der Waals surface area contributed by atoms with Crippen LogP contribution in [0.3, 0.4) is 0 Å². The highest BCUT2D eigenvalue weighted by Gasteiger charge is 2.60. The molecule has 1 amide bonds. The largest absolute Gasteiger partial charge is 0.386 e. The number of amides is 1. The molecule has 0 radical (unpaired) electrons. The molecule has 2 aliphatic carbocycles. The van der Waals surface area contributed by atoms with Gasteiger partial charge in [0.1, 0.15) is 35.4 Å². The van der Waals surface area contributed by atoms with Gasteiger partial charge in [-0.15, -0.1) is 0 Å². The number of halogens is 7. The summed E-state index contributed by atoms with van der Waals surface area (Å²) in [7, 11) is 0. The maximum atomic E-state index is 15.1. The second-order valence-electron chi connectivity index (χ2n) is 11.5. The monoisotopic (exact) mass is 669 g/mol. The van der Waals surface area contributed by atoms with Gasteiger partial charge in [0.25, 0.3) is 12.3 Å². The van der Waals surface area contributed by atoms with E-state index in [4.69, 9.17) is 4.98 Å². The van der Waals surface area contributed by atoms with Crippen LogP contribution in [0.4, 0.5) is 32.2 Å². The molecule has 3 atom stereocenters. The van der Waals surface area contributed by atoms with Crippen LogP contribution >= 0.6 is 15.9 Å². The number of nitrogens with one attached hydrogen (secondary N) is 1. The second-order valence-corrected chi connectivity index (χ2v) is 12.4. The lowest BCUT2D eigenvalue weighted by Gasteiger charge is -2.45. The molecule has 228 valence electrons. The zero-order chi connectivity index (χ0) is 30.8. The van der Waals surface area contributed by atoms with Crippen molar-refractivity contribution in [2.75, 3.05) is 24.5 Å². The summed E-state index contributed by atoms with van der Waals surface area (Å²) in [5.41, 5.74) is -1.82. The van der Waals surface area contributed by atoms with E-state index >= 15 is 8.78 Å². The molecule has 1 aliphatic heterocycles. The number of aliphatic hydroxyl groups is 1. The number of aromatic nitrogens is 3. The minimum atomic E-state index is -3.46. The maximum Gasteiger partial charge on any atom is 0.296 e. The molecular formula is C29H26BrF6N5O2. The summed E-state index contributed by atoms with van der Waals surface area (Å²) >= 11 is 3.46. The zero-order valence-electron chi connectivity index (χ0n) is 22.7. The molecule has 1 fully saturated rings. The summed E-state index contributed by atoms with van der Waals surface area (Å²) in [5.74, 6) is -8.04. The van der Waals surface area contributed by atoms with Crippen molar-refractivity contribution >= 4 is 27.7 Å². The highest BCUT2D eigenvalue weighted by Crippen LogP contribution is 2.59. The molecule has 1 aromatic carbocycles. The van der Waals surface area contributed by atoms with E-state index in [0.717, 1.165) is 18.2 Å². The summed E-state index contributed by atoms with van der Waals surface area (Å²) in [6, 6.07) is 6.52. The number of rotatable bonds is 9. The molecule has 2 N–H and O–H groups in total. The fraction of sp³-hybridized carbons (Fsp3) is 0.414. The number of carbonyl (C=O) groups excluding carboxylic acids is 1. The van der Waals surface area contributed by atoms with Crippen LogP contribution in [0.5, 0.6) is 0 Å². The first kappa shape index (κ1) is 29.7. The summed E-state index contributed by atoms with van der Waals surface area (Å²) in [6.07, 6.45) is -0.350. The lowest BCUT2D eigenvalue weighted by Crippen LogP contribution is -2.60. The van der Waals surface area contributed by atoms with Gasteiger partial charge in [-0.2, -0.15) is 13.9 Å². The van der Waals surface area contributed by atoms with Crippen LogP contribution in [0.25, 0.3) is 0 Å². The molecule has 3 aliphatic rings. The van der Waals surface area contributed by atoms with Gasteiger partial charge in [0.2, 0.25) is 5.91 Å². The van der Waals surface area contributed by atoms with Crippen LogP contribution < -0.4 is 10.2 Å². The molecule has 7 nitrogen and oxygen atoms in total. The minimum Gasteiger partial charge on any atom is -0.386 e. The van der Waals surface area contributed by atoms with Crippen molar-refractivity contribution in [2.45, 2.75) is 49.7 Å². The SMILES string of the molecule is CC1(O)CN(c2ccc(Br)c([C@@H](CNC(=O)Cn3nc(C(F)F)c4c3C(F)(F)[C@@H]3C=C[C@H]43)Cc3cc(F)cc(F)c3)n2)C1. The molecule has 1 saturated heterocycles. The fourth-order valence-electron chi connectivity index (χ4n) is 6.12. The molecular weight excluding hydrogens is 644 g/mol. The van der Waals surface area contributed by atoms with Crippen LogP contribution in [0.1, 0.15) is 53.4 Å². The van der Waals surface area contributed by atoms with Crippen molar-refractivity contribution < 1.29 is 36.2 Å². The van der Waals surface area contributed by atoms with E-state index in [9.17, 15) is 27.5 Å². The molecule has 0 bridgehead atoms. The maximum absolute atomic E-state index is 15.1. The molecule has 43 heavy (non-hydrogen) atoms. The molecule has 3 heterocycles. The highest BCUT2D eigenvalue weighted by molar-refractivity contribution is 9.10. The number of anilines is 1. The van der Waals surface area contributed by atoms with E-state index in [-0.39, 0.29) is 24.1 Å². The van der Waals surface area contributed by atoms with Crippen molar-refractivity contribution in [2.24, 2.45) is 5.92 Å². The Labute approximate surface area is 250 Å². The average molecular weight is 670 g/mol. The van der Waals surface area contributed by atoms with Crippen LogP contribution in [-0.4, -0.2) is 51.0 Å². The van der Waals surface area contributed by atoms with E-state index in [2.05, 4.69) is 26.3 Å². The topological polar surface area (TPSA) is 83.3 Å². The molecule has 2 aromatic heterocycles. The number of hydrogen-bond donors (Lipinski definition) is 2. The first-order valence-corrected chi connectivity index (χ1v) is 14.3. The summed E-state index contributed by atoms with van der Waals surface area (Å²) in [5, 5.41) is 16.5. The second kappa shape index (κ2) is 10.7. The van der Waals surface area contributed by atoms with Gasteiger partial charge in [0.05, 0.1) is 17.2 Å². The molecule has 14 heteroatoms. The van der Waals surface area contributed by atoms with Gasteiger partial charge in [0.15, 0.2) is 0 Å². The van der Waals surface area contributed by atoms with Crippen molar-refractivity contribution in [3.63, 3.8) is 0 Å². The van der Waals surface area contributed by atoms with Gasteiger partial charge in [-0.25, -0.2) is 22.5 Å². The quantitative estimate of drug-likeness (QED) is 0.237. The van der Waals surface area contributed by atoms with Crippen molar-refractivity contribution in [3.05, 3.63) is 86.8 Å². The molecule has 0 saturated carbocycles. The number of benzene rings is 1. The third-order valence-electron chi connectivity index (χ3n) is 8.08. The predicted molar refractivity (Wildman–Crippen MR) is 147 cm³/mol. The van der Waals surface area contributed by atoms with Gasteiger partial charge in [-0.3, -0.25) is 9.48 Å². The predicted octanol–water partition coefficient (Wildman–Crippen LogP) is 5.35. The standard InChI is InChI=1S/C29H26BrF6N5O2/c1-28(43)12-40(13-28)21-5-4-20(30)24(38-21)15(6-14-7-16(31)9-17(32)8-14)10-37-22(42)11-41-26-23(25(39-41)27(33)34)18-2-3-19(18)29(26,35)36/h2-5,7-9,15,18-19,27,43H,6,10-13H2,1H3,(H,37,42)/t15-,18+,19-/m1/s1. The van der Waals surface area contributed by atoms with Gasteiger partial charge < -0.3 is 15.3 Å². The van der Waals surface area contributed by atoms with Crippen molar-refractivity contribution in [3.8, 4) is 0 Å². The Balaban J connectivity index is 1.25. The lowest BCUT2D eigenvalue weighted by atomic mass is 9.81. The minimum absolute atomic E-state index is 0.0432. The smallest absolute Gasteiger partial charge is 0.296 e. The van der Waals surface area contributed by atoms with E-state index in [1.807, 2.05) is 4.90 Å². The van der Waals surface area contributed by atoms with E-state index in [1.54, 1.807) is 19.1 Å². The Morgan fingerprint density at radius 3 is 2.44 bits per heavy atom. The van der Waals surface area contributed by atoms with Crippen LogP contribution in [0, 0.1) is 17.6 Å². The third-order valence-corrected chi connectivity index (χ3v) is 8.75. The average Bonchev–Trinajstić information content (AvgIpc) is 3.29. The first-order chi connectivity index (χ1) is 20.2. The molecule has 0 unspecified atom stereocenters. The number of allylic oxidation sites excluding steroid dienone is 2. The number of nitrogens with zero attached hydrogens (tertiary/aromatic N) is 4. The molecule has 6 rings (SSSR count).